The Morgan fingerprint density at radius 2 is 2.28 bits per heavy atom. The molecule has 0 bridgehead atoms. The van der Waals surface area contributed by atoms with Crippen molar-refractivity contribution >= 4 is 23.7 Å². The number of aromatic nitrogens is 1. The molecule has 5 unspecified atom stereocenters. The monoisotopic (exact) mass is 417 g/mol. The van der Waals surface area contributed by atoms with Crippen molar-refractivity contribution in [1.29, 1.82) is 0 Å². The van der Waals surface area contributed by atoms with E-state index in [1.165, 1.54) is 5.56 Å². The Morgan fingerprint density at radius 1 is 1.38 bits per heavy atom. The Balaban J connectivity index is 1.15. The quantitative estimate of drug-likeness (QED) is 0.444. The summed E-state index contributed by atoms with van der Waals surface area (Å²) in [6, 6.07) is 4.93. The number of nitrogens with one attached hydrogen (secondary N) is 3. The number of nitrogens with zero attached hydrogens (tertiary/aromatic N) is 2. The summed E-state index contributed by atoms with van der Waals surface area (Å²) in [7, 11) is 2.15. The van der Waals surface area contributed by atoms with Crippen LogP contribution in [0.5, 0.6) is 0 Å². The lowest BCUT2D eigenvalue weighted by Crippen LogP contribution is -2.36. The molecule has 29 heavy (non-hydrogen) atoms. The van der Waals surface area contributed by atoms with Crippen molar-refractivity contribution in [2.45, 2.75) is 55.5 Å². The second-order valence-electron chi connectivity index (χ2n) is 8.43. The molecule has 7 nitrogen and oxygen atoms in total. The molecule has 0 saturated carbocycles. The van der Waals surface area contributed by atoms with Crippen molar-refractivity contribution in [3.05, 3.63) is 30.1 Å². The van der Waals surface area contributed by atoms with Crippen molar-refractivity contribution in [1.82, 2.24) is 25.8 Å². The predicted molar refractivity (Wildman–Crippen MR) is 115 cm³/mol. The Bertz CT molecular complexity index is 718. The number of likely N-dealkylation sites (tertiary alicyclic amines) is 1. The average molecular weight is 418 g/mol. The Morgan fingerprint density at radius 3 is 3.10 bits per heavy atom. The molecular weight excluding hydrogens is 386 g/mol. The first-order valence-electron chi connectivity index (χ1n) is 10.7. The molecule has 0 aromatic carbocycles. The third-order valence-electron chi connectivity index (χ3n) is 6.44. The Hall–Kier alpha value is -1.80. The zero-order valence-electron chi connectivity index (χ0n) is 17.0. The molecule has 5 atom stereocenters. The molecular formula is C21H31N5O2S. The fourth-order valence-corrected chi connectivity index (χ4v) is 6.47. The van der Waals surface area contributed by atoms with E-state index < -0.39 is 0 Å². The lowest BCUT2D eigenvalue weighted by Gasteiger charge is -2.25. The van der Waals surface area contributed by atoms with Crippen molar-refractivity contribution in [2.75, 3.05) is 25.9 Å². The largest absolute Gasteiger partial charge is 0.356 e. The third-order valence-corrected chi connectivity index (χ3v) is 7.95. The van der Waals surface area contributed by atoms with E-state index in [1.807, 2.05) is 24.0 Å². The van der Waals surface area contributed by atoms with E-state index in [4.69, 9.17) is 0 Å². The fourth-order valence-electron chi connectivity index (χ4n) is 4.92. The van der Waals surface area contributed by atoms with Crippen LogP contribution >= 0.6 is 11.8 Å². The van der Waals surface area contributed by atoms with Crippen LogP contribution < -0.4 is 16.0 Å². The van der Waals surface area contributed by atoms with Crippen LogP contribution in [0.2, 0.25) is 0 Å². The third kappa shape index (κ3) is 4.86. The highest BCUT2D eigenvalue weighted by Crippen LogP contribution is 2.35. The fraction of sp³-hybridized carbons (Fsp3) is 0.667. The zero-order chi connectivity index (χ0) is 20.2. The number of rotatable bonds is 8. The molecule has 8 heteroatoms. The van der Waals surface area contributed by atoms with E-state index in [0.29, 0.717) is 23.6 Å². The summed E-state index contributed by atoms with van der Waals surface area (Å²) in [5.41, 5.74) is 1.23. The van der Waals surface area contributed by atoms with Crippen molar-refractivity contribution < 1.29 is 9.59 Å². The minimum absolute atomic E-state index is 0.0353. The molecule has 3 saturated heterocycles. The van der Waals surface area contributed by atoms with E-state index in [0.717, 1.165) is 44.5 Å². The van der Waals surface area contributed by atoms with Gasteiger partial charge in [0.2, 0.25) is 5.91 Å². The van der Waals surface area contributed by atoms with Crippen LogP contribution in [0.3, 0.4) is 0 Å². The maximum atomic E-state index is 12.3. The van der Waals surface area contributed by atoms with Crippen LogP contribution in [0.1, 0.15) is 43.7 Å². The minimum atomic E-state index is -0.0353. The van der Waals surface area contributed by atoms with Crippen LogP contribution in [0.15, 0.2) is 24.5 Å². The van der Waals surface area contributed by atoms with Gasteiger partial charge >= 0.3 is 6.03 Å². The summed E-state index contributed by atoms with van der Waals surface area (Å²) < 4.78 is 0. The van der Waals surface area contributed by atoms with Gasteiger partial charge in [0.15, 0.2) is 0 Å². The van der Waals surface area contributed by atoms with E-state index in [-0.39, 0.29) is 24.0 Å². The molecule has 1 aromatic rings. The van der Waals surface area contributed by atoms with E-state index in [1.54, 1.807) is 6.20 Å². The first-order chi connectivity index (χ1) is 14.1. The number of fused-ring (bicyclic) bond motifs is 1. The highest BCUT2D eigenvalue weighted by atomic mass is 32.2. The van der Waals surface area contributed by atoms with Gasteiger partial charge in [0.25, 0.3) is 0 Å². The molecule has 3 amide bonds. The molecule has 1 aromatic heterocycles. The van der Waals surface area contributed by atoms with Crippen LogP contribution in [-0.2, 0) is 4.79 Å². The molecule has 0 radical (unpaired) electrons. The van der Waals surface area contributed by atoms with E-state index in [9.17, 15) is 9.59 Å². The second-order valence-corrected chi connectivity index (χ2v) is 9.70. The minimum Gasteiger partial charge on any atom is -0.356 e. The van der Waals surface area contributed by atoms with Gasteiger partial charge < -0.3 is 16.0 Å². The van der Waals surface area contributed by atoms with E-state index in [2.05, 4.69) is 38.9 Å². The number of hydrogen-bond donors (Lipinski definition) is 3. The Labute approximate surface area is 176 Å². The summed E-state index contributed by atoms with van der Waals surface area (Å²) in [5, 5.41) is 9.63. The SMILES string of the molecule is CN1CCC(CNC(=O)CCCCC2SCC3NC(=O)NC32)C1c1cccnc1. The van der Waals surface area contributed by atoms with Crippen molar-refractivity contribution in [2.24, 2.45) is 5.92 Å². The first-order valence-corrected chi connectivity index (χ1v) is 11.7. The van der Waals surface area contributed by atoms with Crippen molar-refractivity contribution in [3.63, 3.8) is 0 Å². The Kier molecular flexibility index (Phi) is 6.60. The van der Waals surface area contributed by atoms with Crippen LogP contribution in [0.4, 0.5) is 4.79 Å². The van der Waals surface area contributed by atoms with Crippen LogP contribution in [0, 0.1) is 5.92 Å². The number of carbonyl (C=O) groups is 2. The molecule has 0 aliphatic carbocycles. The molecule has 3 aliphatic rings. The average Bonchev–Trinajstić information content (AvgIpc) is 3.38. The van der Waals surface area contributed by atoms with Gasteiger partial charge in [0.1, 0.15) is 0 Å². The van der Waals surface area contributed by atoms with Gasteiger partial charge in [-0.3, -0.25) is 14.7 Å². The highest BCUT2D eigenvalue weighted by molar-refractivity contribution is 8.00. The van der Waals surface area contributed by atoms with Gasteiger partial charge in [-0.25, -0.2) is 4.79 Å². The summed E-state index contributed by atoms with van der Waals surface area (Å²) in [6.07, 6.45) is 8.39. The van der Waals surface area contributed by atoms with Gasteiger partial charge in [-0.1, -0.05) is 12.5 Å². The van der Waals surface area contributed by atoms with Crippen molar-refractivity contribution in [3.8, 4) is 0 Å². The molecule has 4 heterocycles. The molecule has 4 rings (SSSR count). The molecule has 158 valence electrons. The first kappa shape index (κ1) is 20.5. The highest BCUT2D eigenvalue weighted by Gasteiger charge is 2.42. The standard InChI is InChI=1S/C21H31N5O2S/c1-26-10-8-15(20(26)14-5-4-9-22-11-14)12-23-18(27)7-3-2-6-17-19-16(13-29-17)24-21(28)25-19/h4-5,9,11,15-17,19-20H,2-3,6-8,10,12-13H2,1H3,(H,23,27)(H2,24,25,28). The summed E-state index contributed by atoms with van der Waals surface area (Å²) in [4.78, 5) is 30.4. The number of urea groups is 1. The number of unbranched alkanes of at least 4 members (excludes halogenated alkanes) is 1. The van der Waals surface area contributed by atoms with Gasteiger partial charge in [0.05, 0.1) is 12.1 Å². The number of hydrogen-bond acceptors (Lipinski definition) is 5. The molecule has 0 spiro atoms. The molecule has 3 aliphatic heterocycles. The number of thioether (sulfide) groups is 1. The van der Waals surface area contributed by atoms with Crippen LogP contribution in [0.25, 0.3) is 0 Å². The smallest absolute Gasteiger partial charge is 0.315 e. The lowest BCUT2D eigenvalue weighted by atomic mass is 9.94. The molecule has 3 fully saturated rings. The normalized spacial score (nSPS) is 31.3. The van der Waals surface area contributed by atoms with Gasteiger partial charge in [-0.2, -0.15) is 11.8 Å². The lowest BCUT2D eigenvalue weighted by molar-refractivity contribution is -0.121. The zero-order valence-corrected chi connectivity index (χ0v) is 17.8. The van der Waals surface area contributed by atoms with Gasteiger partial charge in [-0.15, -0.1) is 0 Å². The summed E-state index contributed by atoms with van der Waals surface area (Å²) in [6.45, 7) is 1.77. The van der Waals surface area contributed by atoms with Crippen LogP contribution in [-0.4, -0.2) is 65.0 Å². The van der Waals surface area contributed by atoms with Gasteiger partial charge in [-0.05, 0) is 50.4 Å². The van der Waals surface area contributed by atoms with E-state index >= 15 is 0 Å². The molecule has 3 N–H and O–H groups in total. The number of amides is 3. The summed E-state index contributed by atoms with van der Waals surface area (Å²) >= 11 is 1.93. The topological polar surface area (TPSA) is 86.4 Å². The summed E-state index contributed by atoms with van der Waals surface area (Å²) in [5.74, 6) is 1.57. The van der Waals surface area contributed by atoms with Gasteiger partial charge in [0, 0.05) is 42.4 Å². The second kappa shape index (κ2) is 9.34. The predicted octanol–water partition coefficient (Wildman–Crippen LogP) is 1.92. The number of pyridine rings is 1. The maximum Gasteiger partial charge on any atom is 0.315 e. The maximum absolute atomic E-state index is 12.3. The number of carbonyl (C=O) groups excluding carboxylic acids is 2.